The van der Waals surface area contributed by atoms with Crippen LogP contribution in [-0.2, 0) is 13.0 Å². The molecule has 1 aliphatic heterocycles. The van der Waals surface area contributed by atoms with Gasteiger partial charge in [0, 0.05) is 24.3 Å². The van der Waals surface area contributed by atoms with Crippen molar-refractivity contribution >= 4 is 17.8 Å². The summed E-state index contributed by atoms with van der Waals surface area (Å²) < 4.78 is 2.18. The third-order valence-corrected chi connectivity index (χ3v) is 5.35. The fraction of sp³-hybridized carbons (Fsp3) is 0.800. The van der Waals surface area contributed by atoms with Gasteiger partial charge < -0.3 is 15.2 Å². The summed E-state index contributed by atoms with van der Waals surface area (Å²) in [6.07, 6.45) is 4.14. The number of nitrogens with one attached hydrogen (secondary N) is 2. The maximum Gasteiger partial charge on any atom is 0.315 e. The fourth-order valence-corrected chi connectivity index (χ4v) is 2.71. The normalized spacial score (nSPS) is 15.7. The van der Waals surface area contributed by atoms with Crippen molar-refractivity contribution < 1.29 is 4.79 Å². The molecule has 2 rings (SSSR count). The molecule has 2 amide bonds. The minimum atomic E-state index is -0.142. The molecule has 0 unspecified atom stereocenters. The maximum absolute atomic E-state index is 12.2. The predicted octanol–water partition coefficient (Wildman–Crippen LogP) is 2.36. The molecule has 1 atom stereocenters. The molecule has 2 N–H and O–H groups in total. The number of aromatic nitrogens is 3. The average Bonchev–Trinajstić information content (AvgIpc) is 3.05. The van der Waals surface area contributed by atoms with E-state index in [0.717, 1.165) is 31.0 Å². The molecule has 1 aliphatic rings. The molecule has 0 aliphatic carbocycles. The molecule has 1 aromatic heterocycles. The van der Waals surface area contributed by atoms with Gasteiger partial charge in [-0.2, -0.15) is 11.8 Å². The topological polar surface area (TPSA) is 71.8 Å². The van der Waals surface area contributed by atoms with Gasteiger partial charge in [0.2, 0.25) is 0 Å². The number of amides is 2. The van der Waals surface area contributed by atoms with E-state index in [-0.39, 0.29) is 22.7 Å². The van der Waals surface area contributed by atoms with Crippen molar-refractivity contribution in [3.8, 4) is 0 Å². The number of carbonyl (C=O) groups excluding carboxylic acids is 1. The summed E-state index contributed by atoms with van der Waals surface area (Å²) >= 11 is 1.74. The zero-order valence-electron chi connectivity index (χ0n) is 14.1. The van der Waals surface area contributed by atoms with Gasteiger partial charge in [-0.15, -0.1) is 10.2 Å². The number of aryl methyl sites for hydroxylation is 1. The molecule has 1 aromatic rings. The highest BCUT2D eigenvalue weighted by molar-refractivity contribution is 7.99. The SMILES string of the molecule is CSC(C)(C)CNC(=O)N[C@@H](c1nnc2n1CCC2)C(C)C. The highest BCUT2D eigenvalue weighted by Crippen LogP contribution is 2.24. The Bertz CT molecular complexity index is 526. The monoisotopic (exact) mass is 325 g/mol. The van der Waals surface area contributed by atoms with Crippen LogP contribution in [0, 0.1) is 5.92 Å². The van der Waals surface area contributed by atoms with E-state index in [4.69, 9.17) is 0 Å². The number of urea groups is 1. The van der Waals surface area contributed by atoms with Crippen LogP contribution in [0.4, 0.5) is 4.79 Å². The lowest BCUT2D eigenvalue weighted by atomic mass is 10.0. The van der Waals surface area contributed by atoms with Crippen molar-refractivity contribution in [2.45, 2.75) is 57.9 Å². The van der Waals surface area contributed by atoms with Gasteiger partial charge in [-0.05, 0) is 32.4 Å². The zero-order valence-corrected chi connectivity index (χ0v) is 15.0. The Balaban J connectivity index is 2.02. The number of carbonyl (C=O) groups is 1. The van der Waals surface area contributed by atoms with E-state index in [2.05, 4.69) is 59.3 Å². The summed E-state index contributed by atoms with van der Waals surface area (Å²) in [7, 11) is 0. The van der Waals surface area contributed by atoms with Gasteiger partial charge in [-0.1, -0.05) is 13.8 Å². The maximum atomic E-state index is 12.2. The largest absolute Gasteiger partial charge is 0.337 e. The number of hydrogen-bond acceptors (Lipinski definition) is 4. The minimum Gasteiger partial charge on any atom is -0.337 e. The quantitative estimate of drug-likeness (QED) is 0.842. The first-order chi connectivity index (χ1) is 10.3. The van der Waals surface area contributed by atoms with Crippen LogP contribution >= 0.6 is 11.8 Å². The van der Waals surface area contributed by atoms with E-state index in [0.29, 0.717) is 6.54 Å². The van der Waals surface area contributed by atoms with Gasteiger partial charge in [0.15, 0.2) is 5.82 Å². The van der Waals surface area contributed by atoms with Gasteiger partial charge in [0.1, 0.15) is 5.82 Å². The third kappa shape index (κ3) is 3.94. The Morgan fingerprint density at radius 1 is 1.41 bits per heavy atom. The number of nitrogens with zero attached hydrogens (tertiary/aromatic N) is 3. The van der Waals surface area contributed by atoms with Crippen molar-refractivity contribution in [3.05, 3.63) is 11.6 Å². The molecule has 0 saturated carbocycles. The molecule has 7 heteroatoms. The lowest BCUT2D eigenvalue weighted by Crippen LogP contribution is -2.44. The molecule has 0 bridgehead atoms. The van der Waals surface area contributed by atoms with Crippen LogP contribution < -0.4 is 10.6 Å². The molecule has 0 aromatic carbocycles. The van der Waals surface area contributed by atoms with Gasteiger partial charge in [0.25, 0.3) is 0 Å². The summed E-state index contributed by atoms with van der Waals surface area (Å²) in [5.74, 6) is 2.17. The first-order valence-electron chi connectivity index (χ1n) is 7.85. The summed E-state index contributed by atoms with van der Waals surface area (Å²) in [6.45, 7) is 9.99. The first-order valence-corrected chi connectivity index (χ1v) is 9.08. The summed E-state index contributed by atoms with van der Waals surface area (Å²) in [6, 6.07) is -0.257. The zero-order chi connectivity index (χ0) is 16.3. The summed E-state index contributed by atoms with van der Waals surface area (Å²) in [4.78, 5) is 12.2. The lowest BCUT2D eigenvalue weighted by molar-refractivity contribution is 0.230. The van der Waals surface area contributed by atoms with Crippen LogP contribution in [0.3, 0.4) is 0 Å². The molecular formula is C15H27N5OS. The van der Waals surface area contributed by atoms with E-state index in [1.165, 1.54) is 0 Å². The molecule has 22 heavy (non-hydrogen) atoms. The molecule has 2 heterocycles. The van der Waals surface area contributed by atoms with Crippen molar-refractivity contribution in [1.29, 1.82) is 0 Å². The van der Waals surface area contributed by atoms with Crippen LogP contribution in [0.1, 0.15) is 51.8 Å². The second-order valence-electron chi connectivity index (χ2n) is 6.74. The smallest absolute Gasteiger partial charge is 0.315 e. The van der Waals surface area contributed by atoms with Gasteiger partial charge in [0.05, 0.1) is 6.04 Å². The fourth-order valence-electron chi connectivity index (χ4n) is 2.49. The van der Waals surface area contributed by atoms with Gasteiger partial charge >= 0.3 is 6.03 Å². The summed E-state index contributed by atoms with van der Waals surface area (Å²) in [5, 5.41) is 14.6. The van der Waals surface area contributed by atoms with E-state index in [1.807, 2.05) is 0 Å². The van der Waals surface area contributed by atoms with E-state index in [1.54, 1.807) is 11.8 Å². The van der Waals surface area contributed by atoms with E-state index < -0.39 is 0 Å². The van der Waals surface area contributed by atoms with Crippen molar-refractivity contribution in [2.75, 3.05) is 12.8 Å². The second kappa shape index (κ2) is 6.89. The Hall–Kier alpha value is -1.24. The number of rotatable bonds is 6. The van der Waals surface area contributed by atoms with Crippen LogP contribution in [0.2, 0.25) is 0 Å². The number of fused-ring (bicyclic) bond motifs is 1. The summed E-state index contributed by atoms with van der Waals surface area (Å²) in [5.41, 5.74) is 0. The lowest BCUT2D eigenvalue weighted by Gasteiger charge is -2.25. The molecule has 0 radical (unpaired) electrons. The van der Waals surface area contributed by atoms with Crippen LogP contribution in [0.15, 0.2) is 0 Å². The van der Waals surface area contributed by atoms with Crippen molar-refractivity contribution in [2.24, 2.45) is 5.92 Å². The molecule has 0 fully saturated rings. The van der Waals surface area contributed by atoms with Crippen LogP contribution in [-0.4, -0.2) is 38.3 Å². The molecule has 124 valence electrons. The molecular weight excluding hydrogens is 298 g/mol. The standard InChI is InChI=1S/C15H27N5OS/c1-10(2)12(13-19-18-11-7-6-8-20(11)13)17-14(21)16-9-15(3,4)22-5/h10,12H,6-9H2,1-5H3,(H2,16,17,21)/t12-/m1/s1. The minimum absolute atomic E-state index is 0.0285. The third-order valence-electron chi connectivity index (χ3n) is 4.10. The van der Waals surface area contributed by atoms with Crippen LogP contribution in [0.25, 0.3) is 0 Å². The molecule has 0 spiro atoms. The predicted molar refractivity (Wildman–Crippen MR) is 90.1 cm³/mol. The Kier molecular flexibility index (Phi) is 5.36. The number of thioether (sulfide) groups is 1. The van der Waals surface area contributed by atoms with E-state index in [9.17, 15) is 4.79 Å². The van der Waals surface area contributed by atoms with Crippen molar-refractivity contribution in [1.82, 2.24) is 25.4 Å². The molecule has 0 saturated heterocycles. The van der Waals surface area contributed by atoms with Crippen LogP contribution in [0.5, 0.6) is 0 Å². The first kappa shape index (κ1) is 17.1. The average molecular weight is 325 g/mol. The molecule has 6 nitrogen and oxygen atoms in total. The van der Waals surface area contributed by atoms with Gasteiger partial charge in [-0.3, -0.25) is 0 Å². The number of hydrogen-bond donors (Lipinski definition) is 2. The second-order valence-corrected chi connectivity index (χ2v) is 8.26. The highest BCUT2D eigenvalue weighted by Gasteiger charge is 2.28. The van der Waals surface area contributed by atoms with Gasteiger partial charge in [-0.25, -0.2) is 4.79 Å². The van der Waals surface area contributed by atoms with Crippen molar-refractivity contribution in [3.63, 3.8) is 0 Å². The van der Waals surface area contributed by atoms with E-state index >= 15 is 0 Å². The Morgan fingerprint density at radius 2 is 2.14 bits per heavy atom. The Morgan fingerprint density at radius 3 is 2.77 bits per heavy atom. The highest BCUT2D eigenvalue weighted by atomic mass is 32.2. The Labute approximate surface area is 136 Å².